The zero-order valence-electron chi connectivity index (χ0n) is 14.7. The maximum atomic E-state index is 12.4. The number of carbonyl (C=O) groups is 1. The summed E-state index contributed by atoms with van der Waals surface area (Å²) in [7, 11) is 0. The Labute approximate surface area is 158 Å². The maximum absolute atomic E-state index is 12.4. The van der Waals surface area contributed by atoms with Crippen molar-refractivity contribution in [2.45, 2.75) is 26.4 Å². The fraction of sp³-hybridized carbons (Fsp3) is 0.200. The number of nitrogens with one attached hydrogen (secondary N) is 3. The van der Waals surface area contributed by atoms with Crippen LogP contribution in [-0.2, 0) is 9.53 Å². The third-order valence-corrected chi connectivity index (χ3v) is 4.28. The van der Waals surface area contributed by atoms with Gasteiger partial charge in [-0.25, -0.2) is 4.79 Å². The molecule has 0 fully saturated rings. The number of aryl methyl sites for hydroxylation is 1. The van der Waals surface area contributed by atoms with E-state index in [2.05, 4.69) is 16.2 Å². The number of ether oxygens (including phenoxy) is 1. The number of carbonyl (C=O) groups excluding carboxylic acids is 1. The van der Waals surface area contributed by atoms with Gasteiger partial charge in [-0.2, -0.15) is 0 Å². The molecule has 2 aromatic rings. The number of esters is 1. The number of anilines is 2. The van der Waals surface area contributed by atoms with Crippen molar-refractivity contribution in [3.8, 4) is 0 Å². The Kier molecular flexibility index (Phi) is 5.53. The Morgan fingerprint density at radius 3 is 2.42 bits per heavy atom. The predicted molar refractivity (Wildman–Crippen MR) is 108 cm³/mol. The highest BCUT2D eigenvalue weighted by Crippen LogP contribution is 2.22. The van der Waals surface area contributed by atoms with E-state index in [1.807, 2.05) is 68.4 Å². The van der Waals surface area contributed by atoms with Crippen molar-refractivity contribution in [2.24, 2.45) is 0 Å². The van der Waals surface area contributed by atoms with Gasteiger partial charge in [0.05, 0.1) is 11.4 Å². The van der Waals surface area contributed by atoms with Crippen LogP contribution in [0.1, 0.15) is 18.9 Å². The molecule has 3 rings (SSSR count). The molecule has 0 aromatic heterocycles. The standard InChI is InChI=1S/C20H21N3O2S/c1-13-8-10-16(11-9-13)22-23-17-12-14(2)25-20(24)18(17)19(26)21-15-6-4-3-5-7-15/h3-11,14,22-23H,12H2,1-2H3,(H,21,26). The topological polar surface area (TPSA) is 62.4 Å². The molecule has 0 saturated carbocycles. The first-order chi connectivity index (χ1) is 12.5. The summed E-state index contributed by atoms with van der Waals surface area (Å²) in [6.07, 6.45) is 0.337. The number of hydrogen-bond donors (Lipinski definition) is 3. The van der Waals surface area contributed by atoms with Gasteiger partial charge in [-0.05, 0) is 38.1 Å². The molecule has 0 bridgehead atoms. The summed E-state index contributed by atoms with van der Waals surface area (Å²) in [6, 6.07) is 17.5. The van der Waals surface area contributed by atoms with Crippen molar-refractivity contribution in [3.05, 3.63) is 71.4 Å². The molecule has 1 atom stereocenters. The number of hydrogen-bond acceptors (Lipinski definition) is 5. The third-order valence-electron chi connectivity index (χ3n) is 3.97. The zero-order chi connectivity index (χ0) is 18.5. The fourth-order valence-electron chi connectivity index (χ4n) is 2.64. The van der Waals surface area contributed by atoms with E-state index in [0.717, 1.165) is 11.4 Å². The van der Waals surface area contributed by atoms with Crippen LogP contribution < -0.4 is 16.2 Å². The molecule has 6 heteroatoms. The molecule has 1 aliphatic heterocycles. The number of benzene rings is 2. The second-order valence-electron chi connectivity index (χ2n) is 6.21. The summed E-state index contributed by atoms with van der Waals surface area (Å²) in [4.78, 5) is 12.8. The number of para-hydroxylation sites is 1. The molecule has 0 spiro atoms. The summed E-state index contributed by atoms with van der Waals surface area (Å²) >= 11 is 5.46. The lowest BCUT2D eigenvalue weighted by Gasteiger charge is -2.26. The number of thiocarbonyl (C=S) groups is 1. The van der Waals surface area contributed by atoms with Gasteiger partial charge in [0.15, 0.2) is 0 Å². The van der Waals surface area contributed by atoms with Crippen LogP contribution in [0.4, 0.5) is 11.4 Å². The Balaban J connectivity index is 1.80. The van der Waals surface area contributed by atoms with Crippen LogP contribution in [0.25, 0.3) is 0 Å². The van der Waals surface area contributed by atoms with Gasteiger partial charge in [0.2, 0.25) is 0 Å². The van der Waals surface area contributed by atoms with Crippen LogP contribution in [-0.4, -0.2) is 17.1 Å². The lowest BCUT2D eigenvalue weighted by atomic mass is 10.1. The molecule has 1 unspecified atom stereocenters. The molecular formula is C20H21N3O2S. The van der Waals surface area contributed by atoms with Crippen molar-refractivity contribution in [1.82, 2.24) is 5.43 Å². The maximum Gasteiger partial charge on any atom is 0.343 e. The summed E-state index contributed by atoms with van der Waals surface area (Å²) < 4.78 is 5.36. The largest absolute Gasteiger partial charge is 0.459 e. The van der Waals surface area contributed by atoms with E-state index >= 15 is 0 Å². The minimum absolute atomic E-state index is 0.215. The molecule has 26 heavy (non-hydrogen) atoms. The summed E-state index contributed by atoms with van der Waals surface area (Å²) in [5.74, 6) is -0.426. The molecule has 1 aliphatic rings. The fourth-order valence-corrected chi connectivity index (χ4v) is 2.96. The minimum atomic E-state index is -0.426. The first-order valence-electron chi connectivity index (χ1n) is 8.42. The van der Waals surface area contributed by atoms with E-state index in [-0.39, 0.29) is 6.10 Å². The molecule has 1 heterocycles. The lowest BCUT2D eigenvalue weighted by molar-refractivity contribution is -0.144. The molecule has 0 radical (unpaired) electrons. The average Bonchev–Trinajstić information content (AvgIpc) is 2.61. The summed E-state index contributed by atoms with van der Waals surface area (Å²) in [5.41, 5.74) is 10.2. The van der Waals surface area contributed by atoms with Crippen molar-refractivity contribution in [3.63, 3.8) is 0 Å². The first-order valence-corrected chi connectivity index (χ1v) is 8.83. The molecule has 0 aliphatic carbocycles. The highest BCUT2D eigenvalue weighted by molar-refractivity contribution is 7.81. The average molecular weight is 367 g/mol. The smallest absolute Gasteiger partial charge is 0.343 e. The number of cyclic esters (lactones) is 1. The molecule has 0 amide bonds. The van der Waals surface area contributed by atoms with E-state index in [1.54, 1.807) is 0 Å². The Hall–Kier alpha value is -2.86. The molecule has 2 aromatic carbocycles. The Bertz CT molecular complexity index is 832. The van der Waals surface area contributed by atoms with Gasteiger partial charge in [-0.15, -0.1) is 0 Å². The SMILES string of the molecule is Cc1ccc(NNC2=C(C(=S)Nc3ccccc3)C(=O)OC(C)C2)cc1. The lowest BCUT2D eigenvalue weighted by Crippen LogP contribution is -2.36. The molecular weight excluding hydrogens is 346 g/mol. The molecule has 5 nitrogen and oxygen atoms in total. The van der Waals surface area contributed by atoms with Crippen LogP contribution in [0.3, 0.4) is 0 Å². The highest BCUT2D eigenvalue weighted by Gasteiger charge is 2.29. The van der Waals surface area contributed by atoms with Crippen molar-refractivity contribution in [1.29, 1.82) is 0 Å². The second-order valence-corrected chi connectivity index (χ2v) is 6.62. The summed E-state index contributed by atoms with van der Waals surface area (Å²) in [6.45, 7) is 3.89. The van der Waals surface area contributed by atoms with Gasteiger partial charge < -0.3 is 20.9 Å². The predicted octanol–water partition coefficient (Wildman–Crippen LogP) is 3.94. The Morgan fingerprint density at radius 2 is 1.73 bits per heavy atom. The van der Waals surface area contributed by atoms with Crippen LogP contribution in [0.5, 0.6) is 0 Å². The van der Waals surface area contributed by atoms with E-state index in [0.29, 0.717) is 22.7 Å². The van der Waals surface area contributed by atoms with Crippen molar-refractivity contribution in [2.75, 3.05) is 10.7 Å². The zero-order valence-corrected chi connectivity index (χ0v) is 15.5. The van der Waals surface area contributed by atoms with Crippen molar-refractivity contribution < 1.29 is 9.53 Å². The Morgan fingerprint density at radius 1 is 1.04 bits per heavy atom. The van der Waals surface area contributed by atoms with E-state index in [9.17, 15) is 4.79 Å². The number of rotatable bonds is 5. The van der Waals surface area contributed by atoms with Gasteiger partial charge in [0.25, 0.3) is 0 Å². The van der Waals surface area contributed by atoms with E-state index in [1.165, 1.54) is 5.56 Å². The van der Waals surface area contributed by atoms with Crippen LogP contribution in [0.2, 0.25) is 0 Å². The van der Waals surface area contributed by atoms with Crippen LogP contribution >= 0.6 is 12.2 Å². The van der Waals surface area contributed by atoms with Gasteiger partial charge in [0.1, 0.15) is 16.7 Å². The van der Waals surface area contributed by atoms with E-state index < -0.39 is 5.97 Å². The minimum Gasteiger partial charge on any atom is -0.459 e. The second kappa shape index (κ2) is 8.01. The summed E-state index contributed by atoms with van der Waals surface area (Å²) in [5, 5.41) is 3.10. The number of hydrazine groups is 1. The van der Waals surface area contributed by atoms with Gasteiger partial charge in [-0.1, -0.05) is 48.1 Å². The molecule has 134 valence electrons. The molecule has 0 saturated heterocycles. The van der Waals surface area contributed by atoms with Gasteiger partial charge in [-0.3, -0.25) is 0 Å². The normalized spacial score (nSPS) is 16.7. The van der Waals surface area contributed by atoms with Gasteiger partial charge in [0, 0.05) is 12.1 Å². The van der Waals surface area contributed by atoms with Crippen molar-refractivity contribution >= 4 is 34.6 Å². The highest BCUT2D eigenvalue weighted by atomic mass is 32.1. The monoisotopic (exact) mass is 367 g/mol. The van der Waals surface area contributed by atoms with E-state index in [4.69, 9.17) is 17.0 Å². The first kappa shape index (κ1) is 17.9. The third kappa shape index (κ3) is 4.40. The molecule has 3 N–H and O–H groups in total. The van der Waals surface area contributed by atoms with Crippen LogP contribution in [0, 0.1) is 6.92 Å². The quantitative estimate of drug-likeness (QED) is 0.423. The van der Waals surface area contributed by atoms with Gasteiger partial charge >= 0.3 is 5.97 Å². The van der Waals surface area contributed by atoms with Crippen LogP contribution in [0.15, 0.2) is 65.9 Å².